The molecule has 1 heterocycles. The summed E-state index contributed by atoms with van der Waals surface area (Å²) in [6.45, 7) is 12.5. The van der Waals surface area contributed by atoms with E-state index in [1.165, 1.54) is 6.08 Å². The molecule has 1 fully saturated rings. The molecule has 1 aliphatic rings. The maximum absolute atomic E-state index is 13.5. The molecule has 254 valence electrons. The second kappa shape index (κ2) is 18.2. The largest absolute Gasteiger partial charge is 0.467 e. The number of hydrogen-bond acceptors (Lipinski definition) is 15. The van der Waals surface area contributed by atoms with Gasteiger partial charge in [0.1, 0.15) is 24.4 Å². The third-order valence-electron chi connectivity index (χ3n) is 5.59. The molecular weight excluding hydrogens is 620 g/mol. The Morgan fingerprint density at radius 3 is 1.93 bits per heavy atom. The van der Waals surface area contributed by atoms with Gasteiger partial charge in [-0.1, -0.05) is 6.08 Å². The average Bonchev–Trinajstić information content (AvgIpc) is 2.90. The maximum Gasteiger partial charge on any atom is 0.408 e. The number of carbonyl (C=O) groups is 7. The first-order valence-electron chi connectivity index (χ1n) is 13.8. The van der Waals surface area contributed by atoms with Crippen LogP contribution in [0.5, 0.6) is 0 Å². The van der Waals surface area contributed by atoms with Crippen molar-refractivity contribution < 1.29 is 66.7 Å². The summed E-state index contributed by atoms with van der Waals surface area (Å²) in [5.41, 5.74) is -0.840. The van der Waals surface area contributed by atoms with Crippen molar-refractivity contribution in [3.05, 3.63) is 12.7 Å². The highest BCUT2D eigenvalue weighted by Gasteiger charge is 2.53. The first kappa shape index (κ1) is 39.2. The minimum atomic E-state index is -1.51. The molecule has 1 saturated heterocycles. The lowest BCUT2D eigenvalue weighted by Crippen LogP contribution is -2.66. The molecule has 3 unspecified atom stereocenters. The summed E-state index contributed by atoms with van der Waals surface area (Å²) >= 11 is 0.963. The monoisotopic (exact) mass is 662 g/mol. The van der Waals surface area contributed by atoms with Gasteiger partial charge in [0, 0.05) is 33.4 Å². The average molecular weight is 663 g/mol. The third kappa shape index (κ3) is 14.2. The van der Waals surface area contributed by atoms with Gasteiger partial charge in [0.25, 0.3) is 0 Å². The van der Waals surface area contributed by atoms with Gasteiger partial charge in [0.15, 0.2) is 24.5 Å². The smallest absolute Gasteiger partial charge is 0.408 e. The number of carbonyl (C=O) groups excluding carboxylic acids is 7. The standard InChI is InChI=1S/C28H42N2O14S/c1-10-11-20(45-13-18(26(36)38-9)29-27(37)44-28(6,7)8)24(35)30-25-23(42-17(5)34)22(41-16(4)33)21(40-15(3)32)19(43-25)12-39-14(2)31/h10,18-23,25H,1,11-13H2,2-9H3,(H,29,37)(H,30,35)/t18-,19?,20?,21+,22-,23?,25+/m0/s1. The molecule has 2 amide bonds. The van der Waals surface area contributed by atoms with Crippen LogP contribution in [0.25, 0.3) is 0 Å². The molecule has 7 atom stereocenters. The summed E-state index contributed by atoms with van der Waals surface area (Å²) in [6.07, 6.45) is -6.53. The number of rotatable bonds is 14. The predicted molar refractivity (Wildman–Crippen MR) is 156 cm³/mol. The van der Waals surface area contributed by atoms with Crippen LogP contribution in [0.2, 0.25) is 0 Å². The zero-order valence-corrected chi connectivity index (χ0v) is 27.4. The van der Waals surface area contributed by atoms with Crippen molar-refractivity contribution >= 4 is 53.6 Å². The lowest BCUT2D eigenvalue weighted by molar-refractivity contribution is -0.256. The summed E-state index contributed by atoms with van der Waals surface area (Å²) in [5, 5.41) is 4.06. The molecular formula is C28H42N2O14S. The molecule has 1 aliphatic heterocycles. The number of esters is 5. The second-order valence-electron chi connectivity index (χ2n) is 10.7. The summed E-state index contributed by atoms with van der Waals surface area (Å²) in [7, 11) is 1.13. The Labute approximate surface area is 265 Å². The Hall–Kier alpha value is -3.86. The van der Waals surface area contributed by atoms with Gasteiger partial charge in [0.2, 0.25) is 5.91 Å². The van der Waals surface area contributed by atoms with Gasteiger partial charge < -0.3 is 43.8 Å². The number of hydrogen-bond donors (Lipinski definition) is 2. The minimum Gasteiger partial charge on any atom is -0.467 e. The first-order chi connectivity index (χ1) is 20.9. The van der Waals surface area contributed by atoms with E-state index in [1.54, 1.807) is 20.8 Å². The lowest BCUT2D eigenvalue weighted by Gasteiger charge is -2.44. The molecule has 45 heavy (non-hydrogen) atoms. The van der Waals surface area contributed by atoms with E-state index in [0.717, 1.165) is 46.6 Å². The zero-order chi connectivity index (χ0) is 34.5. The fraction of sp³-hybridized carbons (Fsp3) is 0.679. The van der Waals surface area contributed by atoms with Gasteiger partial charge in [-0.15, -0.1) is 18.3 Å². The van der Waals surface area contributed by atoms with Gasteiger partial charge in [-0.2, -0.15) is 0 Å². The zero-order valence-electron chi connectivity index (χ0n) is 26.6. The molecule has 0 aromatic rings. The first-order valence-corrected chi connectivity index (χ1v) is 14.8. The highest BCUT2D eigenvalue weighted by Crippen LogP contribution is 2.29. The molecule has 16 nitrogen and oxygen atoms in total. The number of thioether (sulfide) groups is 1. The number of ether oxygens (including phenoxy) is 7. The normalized spacial score (nSPS) is 22.4. The van der Waals surface area contributed by atoms with Crippen LogP contribution < -0.4 is 10.6 Å². The second-order valence-corrected chi connectivity index (χ2v) is 11.9. The van der Waals surface area contributed by atoms with Crippen molar-refractivity contribution in [3.8, 4) is 0 Å². The van der Waals surface area contributed by atoms with Gasteiger partial charge in [0.05, 0.1) is 12.4 Å². The van der Waals surface area contributed by atoms with Gasteiger partial charge in [-0.3, -0.25) is 24.0 Å². The number of alkyl carbamates (subject to hydrolysis) is 1. The van der Waals surface area contributed by atoms with Crippen molar-refractivity contribution in [1.82, 2.24) is 10.6 Å². The SMILES string of the molecule is C=CCC(SC[C@H](NC(=O)OC(C)(C)C)C(=O)OC)C(=O)N[C@@H]1OC(COC(C)=O)[C@@H](OC(C)=O)[C@H](OC(C)=O)C1OC(C)=O. The van der Waals surface area contributed by atoms with Crippen molar-refractivity contribution in [1.29, 1.82) is 0 Å². The van der Waals surface area contributed by atoms with Crippen molar-refractivity contribution in [2.75, 3.05) is 19.5 Å². The fourth-order valence-corrected chi connectivity index (χ4v) is 5.09. The van der Waals surface area contributed by atoms with Crippen LogP contribution in [-0.4, -0.2) is 109 Å². The van der Waals surface area contributed by atoms with Gasteiger partial charge >= 0.3 is 35.9 Å². The molecule has 2 N–H and O–H groups in total. The lowest BCUT2D eigenvalue weighted by atomic mass is 9.97. The van der Waals surface area contributed by atoms with Gasteiger partial charge in [-0.25, -0.2) is 9.59 Å². The van der Waals surface area contributed by atoms with Crippen LogP contribution in [-0.2, 0) is 61.9 Å². The topological polar surface area (TPSA) is 208 Å². The molecule has 0 bridgehead atoms. The third-order valence-corrected chi connectivity index (χ3v) is 6.92. The number of allylic oxidation sites excluding steroid dienone is 1. The molecule has 0 spiro atoms. The fourth-order valence-electron chi connectivity index (χ4n) is 3.95. The number of amides is 2. The molecule has 0 radical (unpaired) electrons. The summed E-state index contributed by atoms with van der Waals surface area (Å²) in [4.78, 5) is 85.8. The van der Waals surface area contributed by atoms with Crippen LogP contribution in [0.15, 0.2) is 12.7 Å². The summed E-state index contributed by atoms with van der Waals surface area (Å²) in [6, 6.07) is -1.19. The van der Waals surface area contributed by atoms with E-state index in [9.17, 15) is 33.6 Å². The van der Waals surface area contributed by atoms with Crippen molar-refractivity contribution in [2.24, 2.45) is 0 Å². The van der Waals surface area contributed by atoms with Crippen molar-refractivity contribution in [2.45, 2.75) is 102 Å². The van der Waals surface area contributed by atoms with Crippen LogP contribution in [0, 0.1) is 0 Å². The Bertz CT molecular complexity index is 1110. The quantitative estimate of drug-likeness (QED) is 0.151. The molecule has 0 aliphatic carbocycles. The highest BCUT2D eigenvalue weighted by atomic mass is 32.2. The maximum atomic E-state index is 13.5. The van der Waals surface area contributed by atoms with Crippen LogP contribution >= 0.6 is 11.8 Å². The highest BCUT2D eigenvalue weighted by molar-refractivity contribution is 8.00. The van der Waals surface area contributed by atoms with E-state index in [-0.39, 0.29) is 12.2 Å². The summed E-state index contributed by atoms with van der Waals surface area (Å²) < 4.78 is 37.0. The van der Waals surface area contributed by atoms with E-state index < -0.39 is 96.0 Å². The van der Waals surface area contributed by atoms with E-state index in [1.807, 2.05) is 0 Å². The van der Waals surface area contributed by atoms with E-state index in [4.69, 9.17) is 33.2 Å². The summed E-state index contributed by atoms with van der Waals surface area (Å²) in [5.74, 6) is -4.79. The Balaban J connectivity index is 3.33. The number of methoxy groups -OCH3 is 1. The van der Waals surface area contributed by atoms with Gasteiger partial charge in [-0.05, 0) is 27.2 Å². The van der Waals surface area contributed by atoms with E-state index >= 15 is 0 Å². The molecule has 0 aromatic heterocycles. The molecule has 0 saturated carbocycles. The van der Waals surface area contributed by atoms with E-state index in [0.29, 0.717) is 0 Å². The van der Waals surface area contributed by atoms with E-state index in [2.05, 4.69) is 17.2 Å². The Kier molecular flexibility index (Phi) is 15.8. The Morgan fingerprint density at radius 1 is 0.889 bits per heavy atom. The van der Waals surface area contributed by atoms with Crippen LogP contribution in [0.1, 0.15) is 54.9 Å². The predicted octanol–water partition coefficient (Wildman–Crippen LogP) is 0.930. The minimum absolute atomic E-state index is 0.0715. The van der Waals surface area contributed by atoms with Crippen LogP contribution in [0.3, 0.4) is 0 Å². The molecule has 1 rings (SSSR count). The molecule has 17 heteroatoms. The van der Waals surface area contributed by atoms with Crippen LogP contribution in [0.4, 0.5) is 4.79 Å². The van der Waals surface area contributed by atoms with Crippen molar-refractivity contribution in [3.63, 3.8) is 0 Å². The number of nitrogens with one attached hydrogen (secondary N) is 2. The molecule has 0 aromatic carbocycles. The Morgan fingerprint density at radius 2 is 1.44 bits per heavy atom.